The molecule has 2 N–H and O–H groups in total. The number of hydrogen-bond donors (Lipinski definition) is 1. The van der Waals surface area contributed by atoms with E-state index in [0.29, 0.717) is 17.9 Å². The lowest BCUT2D eigenvalue weighted by Crippen LogP contribution is -2.07. The van der Waals surface area contributed by atoms with Crippen LogP contribution in [-0.4, -0.2) is 12.6 Å². The van der Waals surface area contributed by atoms with E-state index in [2.05, 4.69) is 0 Å². The highest BCUT2D eigenvalue weighted by Gasteiger charge is 2.12. The zero-order valence-corrected chi connectivity index (χ0v) is 11.7. The van der Waals surface area contributed by atoms with Gasteiger partial charge in [0.15, 0.2) is 0 Å². The highest BCUT2D eigenvalue weighted by Crippen LogP contribution is 2.30. The Labute approximate surface area is 120 Å². The van der Waals surface area contributed by atoms with E-state index >= 15 is 0 Å². The number of carbonyl (C=O) groups excluding carboxylic acids is 1. The molecule has 0 aromatic heterocycles. The minimum absolute atomic E-state index is 0.291. The van der Waals surface area contributed by atoms with Crippen molar-refractivity contribution in [1.29, 1.82) is 0 Å². The van der Waals surface area contributed by atoms with Gasteiger partial charge in [-0.2, -0.15) is 0 Å². The van der Waals surface area contributed by atoms with Crippen molar-refractivity contribution < 1.29 is 13.9 Å². The zero-order valence-electron chi connectivity index (χ0n) is 10.9. The summed E-state index contributed by atoms with van der Waals surface area (Å²) in [6, 6.07) is 11.3. The highest BCUT2D eigenvalue weighted by atomic mass is 32.2. The third-order valence-corrected chi connectivity index (χ3v) is 3.53. The third kappa shape index (κ3) is 3.51. The van der Waals surface area contributed by atoms with Gasteiger partial charge in [-0.15, -0.1) is 0 Å². The fourth-order valence-electron chi connectivity index (χ4n) is 1.65. The second-order valence-electron chi connectivity index (χ2n) is 4.03. The van der Waals surface area contributed by atoms with E-state index in [9.17, 15) is 9.18 Å². The van der Waals surface area contributed by atoms with Crippen LogP contribution in [0.25, 0.3) is 0 Å². The standard InChI is InChI=1S/C15H14FNO2S/c1-2-19-15(18)13-9-12(6-7-14(13)17)20-11-5-3-4-10(16)8-11/h3-9H,2,17H2,1H3. The van der Waals surface area contributed by atoms with Gasteiger partial charge in [-0.3, -0.25) is 0 Å². The molecular formula is C15H14FNO2S. The predicted octanol–water partition coefficient (Wildman–Crippen LogP) is 3.74. The van der Waals surface area contributed by atoms with Gasteiger partial charge in [0, 0.05) is 15.5 Å². The number of nitrogen functional groups attached to an aromatic ring is 1. The van der Waals surface area contributed by atoms with Gasteiger partial charge >= 0.3 is 5.97 Å². The Morgan fingerprint density at radius 2 is 2.00 bits per heavy atom. The van der Waals surface area contributed by atoms with Crippen LogP contribution in [0.5, 0.6) is 0 Å². The highest BCUT2D eigenvalue weighted by molar-refractivity contribution is 7.99. The fourth-order valence-corrected chi connectivity index (χ4v) is 2.55. The average Bonchev–Trinajstić information content (AvgIpc) is 2.41. The van der Waals surface area contributed by atoms with Crippen LogP contribution in [0, 0.1) is 5.82 Å². The third-order valence-electron chi connectivity index (χ3n) is 2.55. The molecule has 5 heteroatoms. The largest absolute Gasteiger partial charge is 0.462 e. The monoisotopic (exact) mass is 291 g/mol. The number of anilines is 1. The first-order valence-electron chi connectivity index (χ1n) is 6.10. The Balaban J connectivity index is 2.25. The molecule has 0 atom stereocenters. The number of nitrogens with two attached hydrogens (primary N) is 1. The zero-order chi connectivity index (χ0) is 14.5. The van der Waals surface area contributed by atoms with E-state index in [0.717, 1.165) is 9.79 Å². The van der Waals surface area contributed by atoms with Gasteiger partial charge < -0.3 is 10.5 Å². The molecule has 0 spiro atoms. The molecular weight excluding hydrogens is 277 g/mol. The SMILES string of the molecule is CCOC(=O)c1cc(Sc2cccc(F)c2)ccc1N. The van der Waals surface area contributed by atoms with E-state index in [1.54, 1.807) is 37.3 Å². The number of benzene rings is 2. The van der Waals surface area contributed by atoms with Crippen molar-refractivity contribution >= 4 is 23.4 Å². The first-order valence-corrected chi connectivity index (χ1v) is 6.92. The van der Waals surface area contributed by atoms with Crippen molar-refractivity contribution in [3.63, 3.8) is 0 Å². The van der Waals surface area contributed by atoms with E-state index in [4.69, 9.17) is 10.5 Å². The summed E-state index contributed by atoms with van der Waals surface area (Å²) < 4.78 is 18.1. The lowest BCUT2D eigenvalue weighted by atomic mass is 10.2. The van der Waals surface area contributed by atoms with Crippen molar-refractivity contribution in [1.82, 2.24) is 0 Å². The average molecular weight is 291 g/mol. The molecule has 0 radical (unpaired) electrons. The molecule has 0 aliphatic rings. The molecule has 0 fully saturated rings. The van der Waals surface area contributed by atoms with Crippen LogP contribution in [0.2, 0.25) is 0 Å². The lowest BCUT2D eigenvalue weighted by Gasteiger charge is -2.08. The maximum atomic E-state index is 13.1. The van der Waals surface area contributed by atoms with Gasteiger partial charge in [0.2, 0.25) is 0 Å². The quantitative estimate of drug-likeness (QED) is 0.688. The van der Waals surface area contributed by atoms with E-state index in [1.165, 1.54) is 23.9 Å². The second-order valence-corrected chi connectivity index (χ2v) is 5.18. The van der Waals surface area contributed by atoms with Crippen LogP contribution in [0.3, 0.4) is 0 Å². The molecule has 2 aromatic rings. The molecule has 104 valence electrons. The number of halogens is 1. The molecule has 2 rings (SSSR count). The van der Waals surface area contributed by atoms with Gasteiger partial charge in [-0.25, -0.2) is 9.18 Å². The van der Waals surface area contributed by atoms with Crippen LogP contribution < -0.4 is 5.73 Å². The first-order chi connectivity index (χ1) is 9.60. The van der Waals surface area contributed by atoms with Crippen LogP contribution in [0.1, 0.15) is 17.3 Å². The Morgan fingerprint density at radius 1 is 1.25 bits per heavy atom. The van der Waals surface area contributed by atoms with Crippen LogP contribution in [0.4, 0.5) is 10.1 Å². The molecule has 0 amide bonds. The van der Waals surface area contributed by atoms with Crippen LogP contribution in [-0.2, 0) is 4.74 Å². The molecule has 0 saturated heterocycles. The molecule has 0 unspecified atom stereocenters. The van der Waals surface area contributed by atoms with Gasteiger partial charge in [-0.05, 0) is 43.3 Å². The van der Waals surface area contributed by atoms with Gasteiger partial charge in [0.05, 0.1) is 12.2 Å². The molecule has 0 aliphatic heterocycles. The number of hydrogen-bond acceptors (Lipinski definition) is 4. The van der Waals surface area contributed by atoms with Crippen LogP contribution >= 0.6 is 11.8 Å². The summed E-state index contributed by atoms with van der Waals surface area (Å²) in [6.07, 6.45) is 0. The fraction of sp³-hybridized carbons (Fsp3) is 0.133. The Kier molecular flexibility index (Phi) is 4.63. The normalized spacial score (nSPS) is 10.3. The minimum atomic E-state index is -0.452. The molecule has 0 heterocycles. The van der Waals surface area contributed by atoms with Crippen molar-refractivity contribution in [2.24, 2.45) is 0 Å². The molecule has 20 heavy (non-hydrogen) atoms. The van der Waals surface area contributed by atoms with Crippen molar-refractivity contribution in [3.8, 4) is 0 Å². The first kappa shape index (κ1) is 14.4. The molecule has 2 aromatic carbocycles. The summed E-state index contributed by atoms with van der Waals surface area (Å²) in [6.45, 7) is 2.03. The second kappa shape index (κ2) is 6.43. The summed E-state index contributed by atoms with van der Waals surface area (Å²) in [7, 11) is 0. The number of carbonyl (C=O) groups is 1. The predicted molar refractivity (Wildman–Crippen MR) is 77.3 cm³/mol. The summed E-state index contributed by atoms with van der Waals surface area (Å²) in [4.78, 5) is 13.3. The van der Waals surface area contributed by atoms with Crippen molar-refractivity contribution in [2.75, 3.05) is 12.3 Å². The number of rotatable bonds is 4. The maximum absolute atomic E-state index is 13.1. The Bertz CT molecular complexity index is 631. The van der Waals surface area contributed by atoms with E-state index in [1.807, 2.05) is 0 Å². The Hall–Kier alpha value is -2.01. The Morgan fingerprint density at radius 3 is 2.70 bits per heavy atom. The van der Waals surface area contributed by atoms with Gasteiger partial charge in [-0.1, -0.05) is 17.8 Å². The van der Waals surface area contributed by atoms with Gasteiger partial charge in [0.25, 0.3) is 0 Å². The van der Waals surface area contributed by atoms with Crippen molar-refractivity contribution in [3.05, 3.63) is 53.8 Å². The molecule has 0 aliphatic carbocycles. The van der Waals surface area contributed by atoms with Crippen molar-refractivity contribution in [2.45, 2.75) is 16.7 Å². The van der Waals surface area contributed by atoms with Gasteiger partial charge in [0.1, 0.15) is 5.82 Å². The summed E-state index contributed by atoms with van der Waals surface area (Å²) in [5, 5.41) is 0. The minimum Gasteiger partial charge on any atom is -0.462 e. The molecule has 0 saturated carbocycles. The summed E-state index contributed by atoms with van der Waals surface area (Å²) in [5.41, 5.74) is 6.46. The maximum Gasteiger partial charge on any atom is 0.340 e. The molecule has 3 nitrogen and oxygen atoms in total. The van der Waals surface area contributed by atoms with E-state index < -0.39 is 5.97 Å². The molecule has 0 bridgehead atoms. The lowest BCUT2D eigenvalue weighted by molar-refractivity contribution is 0.0527. The topological polar surface area (TPSA) is 52.3 Å². The van der Waals surface area contributed by atoms with Crippen LogP contribution in [0.15, 0.2) is 52.3 Å². The summed E-state index contributed by atoms with van der Waals surface area (Å²) in [5.74, 6) is -0.747. The van der Waals surface area contributed by atoms with E-state index in [-0.39, 0.29) is 5.82 Å². The smallest absolute Gasteiger partial charge is 0.340 e. The summed E-state index contributed by atoms with van der Waals surface area (Å²) >= 11 is 1.36. The number of esters is 1. The number of ether oxygens (including phenoxy) is 1.